The Balaban J connectivity index is 2.47. The van der Waals surface area contributed by atoms with E-state index in [1.807, 2.05) is 11.9 Å². The number of rotatable bonds is 11. The predicted molar refractivity (Wildman–Crippen MR) is 110 cm³/mol. The van der Waals surface area contributed by atoms with Gasteiger partial charge in [-0.2, -0.15) is 0 Å². The molecule has 0 radical (unpaired) electrons. The van der Waals surface area contributed by atoms with Gasteiger partial charge in [0.15, 0.2) is 6.30 Å². The maximum Gasteiger partial charge on any atom is 0.332 e. The zero-order valence-electron chi connectivity index (χ0n) is 18.6. The average Bonchev–Trinajstić information content (AvgIpc) is 2.94. The fraction of sp³-hybridized carbons (Fsp3) is 0.800. The van der Waals surface area contributed by atoms with E-state index in [1.165, 1.54) is 0 Å². The van der Waals surface area contributed by atoms with Crippen LogP contribution in [0.2, 0.25) is 0 Å². The van der Waals surface area contributed by atoms with Crippen molar-refractivity contribution in [1.82, 2.24) is 14.6 Å². The van der Waals surface area contributed by atoms with E-state index < -0.39 is 53.9 Å². The Bertz CT molecular complexity index is 877. The summed E-state index contributed by atoms with van der Waals surface area (Å²) in [4.78, 5) is 26.5. The predicted octanol–water partition coefficient (Wildman–Crippen LogP) is 0.0505. The van der Waals surface area contributed by atoms with Crippen LogP contribution in [0, 0.1) is 0 Å². The van der Waals surface area contributed by atoms with Crippen molar-refractivity contribution in [2.24, 2.45) is 0 Å². The van der Waals surface area contributed by atoms with Gasteiger partial charge in [-0.05, 0) is 18.8 Å². The summed E-state index contributed by atoms with van der Waals surface area (Å²) in [6, 6.07) is 0. The second kappa shape index (κ2) is 10.5. The number of aliphatic hydroxyl groups excluding tert-OH is 2. The lowest BCUT2D eigenvalue weighted by molar-refractivity contribution is -0.428. The Morgan fingerprint density at radius 3 is 2.44 bits per heavy atom. The lowest BCUT2D eigenvalue weighted by Gasteiger charge is -2.43. The van der Waals surface area contributed by atoms with Gasteiger partial charge in [0.05, 0.1) is 6.61 Å². The van der Waals surface area contributed by atoms with Crippen LogP contribution in [0.5, 0.6) is 0 Å². The standard InChI is InChI=1S/C20H34FN3O8/c1-4-5-6-7-8-9-15(21)24(31)19(29)16(26)14(11-25)32-20(19,30)23-10-13(12(2)3)17(27)22-18(23)28/h10,12,14-16,25-26,29-31H,4-9,11H2,1-3H3,(H,22,27,28)/t14-,15?,16-,19-,20-/m1/s1. The van der Waals surface area contributed by atoms with Crippen molar-refractivity contribution in [3.05, 3.63) is 32.6 Å². The largest absolute Gasteiger partial charge is 0.394 e. The first-order valence-electron chi connectivity index (χ1n) is 10.9. The van der Waals surface area contributed by atoms with Crippen molar-refractivity contribution in [2.45, 2.75) is 95.4 Å². The van der Waals surface area contributed by atoms with Crippen molar-refractivity contribution in [1.29, 1.82) is 0 Å². The van der Waals surface area contributed by atoms with Crippen LogP contribution in [0.4, 0.5) is 4.39 Å². The minimum atomic E-state index is -3.29. The molecule has 1 unspecified atom stereocenters. The van der Waals surface area contributed by atoms with Crippen molar-refractivity contribution in [2.75, 3.05) is 6.61 Å². The number of hydrogen-bond acceptors (Lipinski definition) is 9. The molecule has 5 atom stereocenters. The zero-order valence-corrected chi connectivity index (χ0v) is 18.6. The normalized spacial score (nSPS) is 29.2. The third-order valence-corrected chi connectivity index (χ3v) is 5.82. The lowest BCUT2D eigenvalue weighted by Crippen LogP contribution is -2.69. The molecule has 0 amide bonds. The minimum Gasteiger partial charge on any atom is -0.394 e. The van der Waals surface area contributed by atoms with Gasteiger partial charge in [0.25, 0.3) is 5.56 Å². The SMILES string of the molecule is CCCCCCCC(F)N(O)[C@@]1(O)[C@H](O)[C@@H](CO)O[C@@]1(O)n1cc(C(C)C)c(=O)[nH]c1=O. The minimum absolute atomic E-state index is 0.0168. The number of H-pyrrole nitrogens is 1. The molecular weight excluding hydrogens is 429 g/mol. The fourth-order valence-electron chi connectivity index (χ4n) is 3.84. The molecule has 11 nitrogen and oxygen atoms in total. The molecule has 6 N–H and O–H groups in total. The van der Waals surface area contributed by atoms with Crippen LogP contribution in [-0.2, 0) is 10.6 Å². The number of aliphatic hydroxyl groups is 4. The molecule has 1 saturated heterocycles. The van der Waals surface area contributed by atoms with Gasteiger partial charge in [0.1, 0.15) is 12.2 Å². The first-order chi connectivity index (χ1) is 14.9. The molecule has 0 aliphatic carbocycles. The van der Waals surface area contributed by atoms with Crippen molar-refractivity contribution < 1.29 is 34.8 Å². The second-order valence-corrected chi connectivity index (χ2v) is 8.47. The van der Waals surface area contributed by atoms with Crippen LogP contribution >= 0.6 is 0 Å². The van der Waals surface area contributed by atoms with Crippen LogP contribution in [-0.4, -0.2) is 71.1 Å². The quantitative estimate of drug-likeness (QED) is 0.115. The molecule has 2 rings (SSSR count). The second-order valence-electron chi connectivity index (χ2n) is 8.47. The average molecular weight is 464 g/mol. The Labute approximate surface area is 184 Å². The van der Waals surface area contributed by atoms with E-state index in [-0.39, 0.29) is 17.0 Å². The van der Waals surface area contributed by atoms with Crippen LogP contribution in [0.1, 0.15) is 70.8 Å². The van der Waals surface area contributed by atoms with E-state index in [4.69, 9.17) is 4.74 Å². The van der Waals surface area contributed by atoms with E-state index in [2.05, 4.69) is 0 Å². The molecule has 1 aliphatic heterocycles. The molecule has 2 heterocycles. The first kappa shape index (κ1) is 26.6. The molecule has 1 fully saturated rings. The Hall–Kier alpha value is -1.67. The van der Waals surface area contributed by atoms with Gasteiger partial charge >= 0.3 is 11.6 Å². The molecular formula is C20H34FN3O8. The summed E-state index contributed by atoms with van der Waals surface area (Å²) >= 11 is 0. The number of halogens is 1. The highest BCUT2D eigenvalue weighted by atomic mass is 19.1. The molecule has 32 heavy (non-hydrogen) atoms. The molecule has 1 aromatic rings. The monoisotopic (exact) mass is 463 g/mol. The van der Waals surface area contributed by atoms with Crippen LogP contribution in [0.15, 0.2) is 15.8 Å². The van der Waals surface area contributed by atoms with Gasteiger partial charge in [-0.3, -0.25) is 9.78 Å². The number of ether oxygens (including phenoxy) is 1. The smallest absolute Gasteiger partial charge is 0.332 e. The highest BCUT2D eigenvalue weighted by Crippen LogP contribution is 2.44. The van der Waals surface area contributed by atoms with Crippen LogP contribution < -0.4 is 11.2 Å². The van der Waals surface area contributed by atoms with Crippen molar-refractivity contribution in [3.63, 3.8) is 0 Å². The highest BCUT2D eigenvalue weighted by Gasteiger charge is 2.71. The molecule has 0 saturated carbocycles. The van der Waals surface area contributed by atoms with Crippen molar-refractivity contribution >= 4 is 0 Å². The summed E-state index contributed by atoms with van der Waals surface area (Å²) < 4.78 is 20.4. The van der Waals surface area contributed by atoms with Gasteiger partial charge in [-0.25, -0.2) is 13.8 Å². The van der Waals surface area contributed by atoms with Gasteiger partial charge in [-0.15, -0.1) is 5.06 Å². The molecule has 1 aliphatic rings. The summed E-state index contributed by atoms with van der Waals surface area (Å²) in [5.41, 5.74) is -5.26. The third-order valence-electron chi connectivity index (χ3n) is 5.82. The van der Waals surface area contributed by atoms with Crippen molar-refractivity contribution in [3.8, 4) is 0 Å². The summed E-state index contributed by atoms with van der Waals surface area (Å²) in [5.74, 6) is -3.67. The summed E-state index contributed by atoms with van der Waals surface area (Å²) in [7, 11) is 0. The fourth-order valence-corrected chi connectivity index (χ4v) is 3.84. The van der Waals surface area contributed by atoms with E-state index in [9.17, 15) is 39.6 Å². The molecule has 0 aromatic carbocycles. The topological polar surface area (TPSA) is 168 Å². The molecule has 12 heteroatoms. The number of nitrogens with one attached hydrogen (secondary N) is 1. The van der Waals surface area contributed by atoms with E-state index in [0.29, 0.717) is 17.4 Å². The maximum absolute atomic E-state index is 14.9. The van der Waals surface area contributed by atoms with Crippen LogP contribution in [0.25, 0.3) is 0 Å². The molecule has 0 spiro atoms. The van der Waals surface area contributed by atoms with Gasteiger partial charge in [0.2, 0.25) is 5.72 Å². The Morgan fingerprint density at radius 2 is 1.88 bits per heavy atom. The maximum atomic E-state index is 14.9. The van der Waals surface area contributed by atoms with Gasteiger partial charge in [-0.1, -0.05) is 46.5 Å². The molecule has 0 bridgehead atoms. The van der Waals surface area contributed by atoms with E-state index in [1.54, 1.807) is 13.8 Å². The third kappa shape index (κ3) is 4.67. The van der Waals surface area contributed by atoms with E-state index in [0.717, 1.165) is 25.5 Å². The van der Waals surface area contributed by atoms with Crippen LogP contribution in [0.3, 0.4) is 0 Å². The number of unbranched alkanes of at least 4 members (excludes halogenated alkanes) is 4. The first-order valence-corrected chi connectivity index (χ1v) is 10.9. The Kier molecular flexibility index (Phi) is 8.73. The summed E-state index contributed by atoms with van der Waals surface area (Å²) in [5, 5.41) is 52.7. The van der Waals surface area contributed by atoms with E-state index >= 15 is 0 Å². The number of nitrogens with zero attached hydrogens (tertiary/aromatic N) is 2. The summed E-state index contributed by atoms with van der Waals surface area (Å²) in [6.07, 6.45) is -1.68. The van der Waals surface area contributed by atoms with Gasteiger partial charge < -0.3 is 30.4 Å². The zero-order chi connectivity index (χ0) is 24.3. The number of hydrogen-bond donors (Lipinski definition) is 6. The highest BCUT2D eigenvalue weighted by molar-refractivity contribution is 5.13. The molecule has 184 valence electrons. The number of aromatic nitrogens is 2. The number of alkyl halides is 1. The molecule has 1 aromatic heterocycles. The van der Waals surface area contributed by atoms with Gasteiger partial charge in [0, 0.05) is 11.8 Å². The number of aromatic amines is 1. The number of hydroxylamine groups is 2. The summed E-state index contributed by atoms with van der Waals surface area (Å²) in [6.45, 7) is 4.35. The Morgan fingerprint density at radius 1 is 1.25 bits per heavy atom. The lowest BCUT2D eigenvalue weighted by atomic mass is 9.99.